The van der Waals surface area contributed by atoms with Crippen LogP contribution in [0.1, 0.15) is 20.8 Å². The number of carboxylic acid groups (broad SMARTS) is 1. The van der Waals surface area contributed by atoms with Crippen LogP contribution in [0.4, 0.5) is 5.69 Å². The van der Waals surface area contributed by atoms with Crippen molar-refractivity contribution in [2.24, 2.45) is 0 Å². The topological polar surface area (TPSA) is 49.8 Å². The molecule has 0 atom stereocenters. The first kappa shape index (κ1) is 13.4. The van der Waals surface area contributed by atoms with Crippen molar-refractivity contribution >= 4 is 11.7 Å². The van der Waals surface area contributed by atoms with Crippen molar-refractivity contribution in [2.45, 2.75) is 26.3 Å². The normalized spacial score (nSPS) is 11.1. The maximum atomic E-state index is 11.1. The van der Waals surface area contributed by atoms with E-state index in [1.54, 1.807) is 25.8 Å². The number of carbonyl (C=O) groups is 1. The van der Waals surface area contributed by atoms with Gasteiger partial charge in [0.25, 0.3) is 0 Å². The van der Waals surface area contributed by atoms with Crippen molar-refractivity contribution in [1.29, 1.82) is 0 Å². The molecule has 0 bridgehead atoms. The average Bonchev–Trinajstić information content (AvgIpc) is 2.29. The van der Waals surface area contributed by atoms with Gasteiger partial charge in [-0.25, -0.2) is 4.79 Å². The minimum Gasteiger partial charge on any atom is -0.494 e. The zero-order valence-electron chi connectivity index (χ0n) is 10.7. The lowest BCUT2D eigenvalue weighted by molar-refractivity contribution is -0.142. The van der Waals surface area contributed by atoms with Gasteiger partial charge in [-0.3, -0.25) is 0 Å². The second-order valence-electron chi connectivity index (χ2n) is 4.35. The first-order valence-corrected chi connectivity index (χ1v) is 5.59. The number of carboxylic acids is 1. The highest BCUT2D eigenvalue weighted by molar-refractivity contribution is 5.82. The Bertz CT molecular complexity index is 384. The van der Waals surface area contributed by atoms with Gasteiger partial charge in [-0.05, 0) is 45.0 Å². The summed E-state index contributed by atoms with van der Waals surface area (Å²) in [6.45, 7) is 5.89. The standard InChI is InChI=1S/C13H19NO3/c1-5-17-11-8-6-10(7-9-11)14(4)13(2,3)12(15)16/h6-9H,5H2,1-4H3,(H,15,16). The van der Waals surface area contributed by atoms with Crippen molar-refractivity contribution in [3.05, 3.63) is 24.3 Å². The van der Waals surface area contributed by atoms with E-state index in [1.807, 2.05) is 31.2 Å². The van der Waals surface area contributed by atoms with Gasteiger partial charge in [-0.1, -0.05) is 0 Å². The Labute approximate surface area is 102 Å². The lowest BCUT2D eigenvalue weighted by Gasteiger charge is -2.33. The van der Waals surface area contributed by atoms with Crippen LogP contribution in [0.15, 0.2) is 24.3 Å². The number of rotatable bonds is 5. The van der Waals surface area contributed by atoms with Crippen molar-refractivity contribution in [3.63, 3.8) is 0 Å². The summed E-state index contributed by atoms with van der Waals surface area (Å²) >= 11 is 0. The molecule has 94 valence electrons. The molecule has 0 heterocycles. The molecule has 4 nitrogen and oxygen atoms in total. The molecule has 1 aromatic carbocycles. The molecule has 0 aromatic heterocycles. The fourth-order valence-electron chi connectivity index (χ4n) is 1.40. The molecular weight excluding hydrogens is 218 g/mol. The fraction of sp³-hybridized carbons (Fsp3) is 0.462. The fourth-order valence-corrected chi connectivity index (χ4v) is 1.40. The third kappa shape index (κ3) is 2.90. The summed E-state index contributed by atoms with van der Waals surface area (Å²) < 4.78 is 5.34. The number of likely N-dealkylation sites (N-methyl/N-ethyl adjacent to an activating group) is 1. The molecule has 0 saturated heterocycles. The average molecular weight is 237 g/mol. The summed E-state index contributed by atoms with van der Waals surface area (Å²) in [6.07, 6.45) is 0. The number of hydrogen-bond donors (Lipinski definition) is 1. The van der Waals surface area contributed by atoms with E-state index in [0.29, 0.717) is 6.61 Å². The highest BCUT2D eigenvalue weighted by atomic mass is 16.5. The number of nitrogens with zero attached hydrogens (tertiary/aromatic N) is 1. The maximum Gasteiger partial charge on any atom is 0.328 e. The Balaban J connectivity index is 2.90. The lowest BCUT2D eigenvalue weighted by atomic mass is 10.0. The minimum atomic E-state index is -0.937. The molecule has 0 amide bonds. The summed E-state index contributed by atoms with van der Waals surface area (Å²) in [7, 11) is 1.77. The maximum absolute atomic E-state index is 11.1. The van der Waals surface area contributed by atoms with Crippen LogP contribution in [0.3, 0.4) is 0 Å². The van der Waals surface area contributed by atoms with Gasteiger partial charge in [-0.15, -0.1) is 0 Å². The highest BCUT2D eigenvalue weighted by Gasteiger charge is 2.32. The molecular formula is C13H19NO3. The Kier molecular flexibility index (Phi) is 3.99. The summed E-state index contributed by atoms with van der Waals surface area (Å²) in [5, 5.41) is 9.15. The van der Waals surface area contributed by atoms with Crippen LogP contribution < -0.4 is 9.64 Å². The number of hydrogen-bond acceptors (Lipinski definition) is 3. The van der Waals surface area contributed by atoms with E-state index in [1.165, 1.54) is 0 Å². The Morgan fingerprint density at radius 2 is 1.88 bits per heavy atom. The van der Waals surface area contributed by atoms with E-state index >= 15 is 0 Å². The minimum absolute atomic E-state index is 0.621. The van der Waals surface area contributed by atoms with Crippen LogP contribution in [0.5, 0.6) is 5.75 Å². The third-order valence-corrected chi connectivity index (χ3v) is 2.90. The van der Waals surface area contributed by atoms with Crippen molar-refractivity contribution in [2.75, 3.05) is 18.6 Å². The molecule has 1 rings (SSSR count). The van der Waals surface area contributed by atoms with Gasteiger partial charge in [0, 0.05) is 12.7 Å². The summed E-state index contributed by atoms with van der Waals surface area (Å²) in [5.74, 6) is -0.0633. The number of anilines is 1. The molecule has 0 radical (unpaired) electrons. The largest absolute Gasteiger partial charge is 0.494 e. The summed E-state index contributed by atoms with van der Waals surface area (Å²) in [4.78, 5) is 12.9. The molecule has 0 fully saturated rings. The molecule has 0 unspecified atom stereocenters. The molecule has 4 heteroatoms. The summed E-state index contributed by atoms with van der Waals surface area (Å²) in [5.41, 5.74) is -0.0894. The molecule has 1 aromatic rings. The quantitative estimate of drug-likeness (QED) is 0.854. The van der Waals surface area contributed by atoms with Gasteiger partial charge in [-0.2, -0.15) is 0 Å². The molecule has 0 aliphatic rings. The second kappa shape index (κ2) is 5.08. The van der Waals surface area contributed by atoms with Gasteiger partial charge < -0.3 is 14.7 Å². The van der Waals surface area contributed by atoms with Gasteiger partial charge in [0.05, 0.1) is 6.61 Å². The van der Waals surface area contributed by atoms with Crippen molar-refractivity contribution < 1.29 is 14.6 Å². The molecule has 17 heavy (non-hydrogen) atoms. The molecule has 0 saturated carbocycles. The zero-order valence-corrected chi connectivity index (χ0v) is 10.7. The predicted molar refractivity (Wildman–Crippen MR) is 67.7 cm³/mol. The zero-order chi connectivity index (χ0) is 13.1. The van der Waals surface area contributed by atoms with Crippen LogP contribution in [0.2, 0.25) is 0 Å². The smallest absolute Gasteiger partial charge is 0.328 e. The van der Waals surface area contributed by atoms with Crippen LogP contribution >= 0.6 is 0 Å². The SMILES string of the molecule is CCOc1ccc(N(C)C(C)(C)C(=O)O)cc1. The Morgan fingerprint density at radius 3 is 2.29 bits per heavy atom. The van der Waals surface area contributed by atoms with E-state index in [0.717, 1.165) is 11.4 Å². The summed E-state index contributed by atoms with van der Waals surface area (Å²) in [6, 6.07) is 7.39. The van der Waals surface area contributed by atoms with E-state index in [4.69, 9.17) is 9.84 Å². The van der Waals surface area contributed by atoms with E-state index in [9.17, 15) is 4.79 Å². The van der Waals surface area contributed by atoms with Crippen LogP contribution in [0, 0.1) is 0 Å². The number of ether oxygens (including phenoxy) is 1. The van der Waals surface area contributed by atoms with Gasteiger partial charge in [0.15, 0.2) is 0 Å². The molecule has 1 N–H and O–H groups in total. The number of benzene rings is 1. The molecule has 0 aliphatic carbocycles. The van der Waals surface area contributed by atoms with E-state index in [-0.39, 0.29) is 0 Å². The van der Waals surface area contributed by atoms with E-state index < -0.39 is 11.5 Å². The second-order valence-corrected chi connectivity index (χ2v) is 4.35. The van der Waals surface area contributed by atoms with Gasteiger partial charge >= 0.3 is 5.97 Å². The first-order chi connectivity index (χ1) is 7.89. The van der Waals surface area contributed by atoms with Crippen molar-refractivity contribution in [1.82, 2.24) is 0 Å². The number of aliphatic carboxylic acids is 1. The first-order valence-electron chi connectivity index (χ1n) is 5.59. The monoisotopic (exact) mass is 237 g/mol. The lowest BCUT2D eigenvalue weighted by Crippen LogP contribution is -2.48. The highest BCUT2D eigenvalue weighted by Crippen LogP contribution is 2.24. The van der Waals surface area contributed by atoms with E-state index in [2.05, 4.69) is 0 Å². The van der Waals surface area contributed by atoms with Gasteiger partial charge in [0.1, 0.15) is 11.3 Å². The van der Waals surface area contributed by atoms with Gasteiger partial charge in [0.2, 0.25) is 0 Å². The van der Waals surface area contributed by atoms with Crippen LogP contribution in [0.25, 0.3) is 0 Å². The Morgan fingerprint density at radius 1 is 1.35 bits per heavy atom. The Hall–Kier alpha value is -1.71. The molecule has 0 aliphatic heterocycles. The van der Waals surface area contributed by atoms with Crippen LogP contribution in [-0.2, 0) is 4.79 Å². The van der Waals surface area contributed by atoms with Crippen molar-refractivity contribution in [3.8, 4) is 5.75 Å². The predicted octanol–water partition coefficient (Wildman–Crippen LogP) is 2.38. The van der Waals surface area contributed by atoms with Crippen LogP contribution in [-0.4, -0.2) is 30.3 Å². The molecule has 0 spiro atoms. The third-order valence-electron chi connectivity index (χ3n) is 2.90.